The van der Waals surface area contributed by atoms with Crippen molar-refractivity contribution in [1.82, 2.24) is 14.5 Å². The lowest BCUT2D eigenvalue weighted by atomic mass is 10.3. The van der Waals surface area contributed by atoms with Crippen molar-refractivity contribution in [3.63, 3.8) is 0 Å². The summed E-state index contributed by atoms with van der Waals surface area (Å²) in [6.45, 7) is 3.90. The molecule has 1 amide bonds. The van der Waals surface area contributed by atoms with Gasteiger partial charge in [-0.1, -0.05) is 6.92 Å². The molecule has 0 bridgehead atoms. The highest BCUT2D eigenvalue weighted by Crippen LogP contribution is 2.21. The largest absolute Gasteiger partial charge is 0.466 e. The Balaban J connectivity index is 1.67. The highest BCUT2D eigenvalue weighted by molar-refractivity contribution is 7.18. The summed E-state index contributed by atoms with van der Waals surface area (Å²) < 4.78 is 6.14. The summed E-state index contributed by atoms with van der Waals surface area (Å²) in [6, 6.07) is 1.83. The number of anilines is 1. The molecular formula is C17H18N4O4S2. The number of aryl methyl sites for hydroxylation is 1. The van der Waals surface area contributed by atoms with Gasteiger partial charge in [-0.25, -0.2) is 9.97 Å². The van der Waals surface area contributed by atoms with Gasteiger partial charge in [-0.2, -0.15) is 0 Å². The van der Waals surface area contributed by atoms with Crippen LogP contribution in [0.5, 0.6) is 0 Å². The van der Waals surface area contributed by atoms with E-state index in [0.29, 0.717) is 27.6 Å². The van der Waals surface area contributed by atoms with Crippen LogP contribution in [0.4, 0.5) is 5.13 Å². The number of carbonyl (C=O) groups excluding carboxylic acids is 2. The quantitative estimate of drug-likeness (QED) is 0.604. The molecule has 3 rings (SSSR count). The fraction of sp³-hybridized carbons (Fsp3) is 0.353. The van der Waals surface area contributed by atoms with Crippen molar-refractivity contribution in [3.05, 3.63) is 38.7 Å². The number of thiophene rings is 1. The third kappa shape index (κ3) is 4.58. The molecule has 3 aromatic rings. The first-order chi connectivity index (χ1) is 13.0. The number of fused-ring (bicyclic) bond motifs is 1. The summed E-state index contributed by atoms with van der Waals surface area (Å²) in [5.41, 5.74) is 0.285. The Morgan fingerprint density at radius 2 is 2.15 bits per heavy atom. The fourth-order valence-electron chi connectivity index (χ4n) is 2.42. The number of nitrogens with one attached hydrogen (secondary N) is 1. The monoisotopic (exact) mass is 406 g/mol. The Morgan fingerprint density at radius 3 is 2.89 bits per heavy atom. The van der Waals surface area contributed by atoms with E-state index in [4.69, 9.17) is 4.74 Å². The van der Waals surface area contributed by atoms with E-state index in [2.05, 4.69) is 15.3 Å². The summed E-state index contributed by atoms with van der Waals surface area (Å²) >= 11 is 2.69. The molecule has 0 spiro atoms. The van der Waals surface area contributed by atoms with Gasteiger partial charge in [-0.3, -0.25) is 19.0 Å². The molecule has 0 aliphatic heterocycles. The Morgan fingerprint density at radius 1 is 1.33 bits per heavy atom. The summed E-state index contributed by atoms with van der Waals surface area (Å²) in [7, 11) is 0. The number of carbonyl (C=O) groups is 2. The molecule has 3 aromatic heterocycles. The van der Waals surface area contributed by atoms with E-state index >= 15 is 0 Å². The maximum Gasteiger partial charge on any atom is 0.311 e. The second kappa shape index (κ2) is 8.40. The maximum absolute atomic E-state index is 12.5. The summed E-state index contributed by atoms with van der Waals surface area (Å²) in [5.74, 6) is -0.755. The first-order valence-electron chi connectivity index (χ1n) is 8.37. The molecule has 142 valence electrons. The molecule has 0 aliphatic carbocycles. The number of hydrogen-bond donors (Lipinski definition) is 1. The van der Waals surface area contributed by atoms with Gasteiger partial charge in [0.15, 0.2) is 5.13 Å². The number of thiazole rings is 1. The van der Waals surface area contributed by atoms with Gasteiger partial charge in [0.2, 0.25) is 5.91 Å². The minimum absolute atomic E-state index is 0.0537. The van der Waals surface area contributed by atoms with Gasteiger partial charge in [0.1, 0.15) is 11.4 Å². The van der Waals surface area contributed by atoms with Crippen LogP contribution in [0.15, 0.2) is 22.6 Å². The zero-order chi connectivity index (χ0) is 19.4. The van der Waals surface area contributed by atoms with Gasteiger partial charge in [-0.15, -0.1) is 22.7 Å². The number of amides is 1. The molecule has 3 heterocycles. The second-order valence-electron chi connectivity index (χ2n) is 5.64. The predicted octanol–water partition coefficient (Wildman–Crippen LogP) is 2.22. The number of hydrogen-bond acceptors (Lipinski definition) is 8. The van der Waals surface area contributed by atoms with Crippen LogP contribution in [0.3, 0.4) is 0 Å². The van der Waals surface area contributed by atoms with Crippen molar-refractivity contribution in [2.75, 3.05) is 11.9 Å². The normalized spacial score (nSPS) is 10.9. The molecule has 0 fully saturated rings. The van der Waals surface area contributed by atoms with E-state index in [1.165, 1.54) is 33.6 Å². The average molecular weight is 406 g/mol. The van der Waals surface area contributed by atoms with E-state index in [0.717, 1.165) is 11.3 Å². The van der Waals surface area contributed by atoms with Gasteiger partial charge >= 0.3 is 5.97 Å². The van der Waals surface area contributed by atoms with Crippen LogP contribution in [-0.4, -0.2) is 33.0 Å². The number of rotatable bonds is 7. The number of aromatic nitrogens is 3. The highest BCUT2D eigenvalue weighted by atomic mass is 32.1. The Bertz CT molecular complexity index is 1040. The molecule has 0 saturated heterocycles. The molecule has 27 heavy (non-hydrogen) atoms. The summed E-state index contributed by atoms with van der Waals surface area (Å²) in [6.07, 6.45) is 2.27. The van der Waals surface area contributed by atoms with E-state index in [-0.39, 0.29) is 30.4 Å². The zero-order valence-corrected chi connectivity index (χ0v) is 16.5. The van der Waals surface area contributed by atoms with Gasteiger partial charge in [-0.05, 0) is 19.4 Å². The van der Waals surface area contributed by atoms with Crippen molar-refractivity contribution in [1.29, 1.82) is 0 Å². The van der Waals surface area contributed by atoms with Crippen LogP contribution in [0, 0.1) is 0 Å². The number of nitrogens with zero attached hydrogens (tertiary/aromatic N) is 3. The molecule has 0 radical (unpaired) electrons. The van der Waals surface area contributed by atoms with Crippen LogP contribution < -0.4 is 10.9 Å². The van der Waals surface area contributed by atoms with E-state index in [9.17, 15) is 14.4 Å². The molecule has 1 N–H and O–H groups in total. The molecule has 0 atom stereocenters. The third-order valence-electron chi connectivity index (χ3n) is 3.66. The minimum atomic E-state index is -0.388. The molecule has 0 saturated carbocycles. The van der Waals surface area contributed by atoms with Gasteiger partial charge in [0.05, 0.1) is 30.4 Å². The van der Waals surface area contributed by atoms with Crippen molar-refractivity contribution in [3.8, 4) is 0 Å². The smallest absolute Gasteiger partial charge is 0.311 e. The molecule has 8 nitrogen and oxygen atoms in total. The van der Waals surface area contributed by atoms with Crippen molar-refractivity contribution < 1.29 is 14.3 Å². The average Bonchev–Trinajstić information content (AvgIpc) is 3.24. The molecule has 0 aliphatic rings. The van der Waals surface area contributed by atoms with Crippen LogP contribution in [0.25, 0.3) is 10.2 Å². The van der Waals surface area contributed by atoms with Crippen LogP contribution in [0.1, 0.15) is 24.4 Å². The highest BCUT2D eigenvalue weighted by Gasteiger charge is 2.13. The molecule has 10 heteroatoms. The van der Waals surface area contributed by atoms with Crippen LogP contribution >= 0.6 is 22.7 Å². The van der Waals surface area contributed by atoms with Crippen LogP contribution in [-0.2, 0) is 33.7 Å². The second-order valence-corrected chi connectivity index (χ2v) is 7.61. The zero-order valence-electron chi connectivity index (χ0n) is 14.9. The molecular weight excluding hydrogens is 388 g/mol. The predicted molar refractivity (Wildman–Crippen MR) is 104 cm³/mol. The fourth-order valence-corrected chi connectivity index (χ4v) is 4.07. The lowest BCUT2D eigenvalue weighted by Crippen LogP contribution is -2.27. The third-order valence-corrected chi connectivity index (χ3v) is 5.65. The lowest BCUT2D eigenvalue weighted by Gasteiger charge is -2.04. The first kappa shape index (κ1) is 19.2. The summed E-state index contributed by atoms with van der Waals surface area (Å²) in [4.78, 5) is 46.4. The van der Waals surface area contributed by atoms with Gasteiger partial charge in [0.25, 0.3) is 5.56 Å². The van der Waals surface area contributed by atoms with E-state index in [1.54, 1.807) is 12.3 Å². The first-order valence-corrected chi connectivity index (χ1v) is 10.1. The SMILES string of the molecule is CCOC(=O)Cc1csc(NC(=O)Cn2cnc3sc(CC)cc3c2=O)n1. The topological polar surface area (TPSA) is 103 Å². The Kier molecular flexibility index (Phi) is 5.97. The summed E-state index contributed by atoms with van der Waals surface area (Å²) in [5, 5.41) is 5.22. The Labute approximate surface area is 162 Å². The van der Waals surface area contributed by atoms with Crippen molar-refractivity contribution in [2.24, 2.45) is 0 Å². The number of esters is 1. The lowest BCUT2D eigenvalue weighted by molar-refractivity contribution is -0.142. The maximum atomic E-state index is 12.5. The number of ether oxygens (including phenoxy) is 1. The Hall–Kier alpha value is -2.59. The standard InChI is InChI=1S/C17H18N4O4S2/c1-3-11-6-12-15(27-11)18-9-21(16(12)24)7-13(22)20-17-19-10(8-26-17)5-14(23)25-4-2/h6,8-9H,3-5,7H2,1-2H3,(H,19,20,22). The van der Waals surface area contributed by atoms with Crippen LogP contribution in [0.2, 0.25) is 0 Å². The van der Waals surface area contributed by atoms with E-state index < -0.39 is 0 Å². The molecule has 0 aromatic carbocycles. The van der Waals surface area contributed by atoms with Gasteiger partial charge < -0.3 is 10.1 Å². The van der Waals surface area contributed by atoms with E-state index in [1.807, 2.05) is 13.0 Å². The minimum Gasteiger partial charge on any atom is -0.466 e. The van der Waals surface area contributed by atoms with Crippen molar-refractivity contribution in [2.45, 2.75) is 33.2 Å². The molecule has 0 unspecified atom stereocenters. The van der Waals surface area contributed by atoms with Crippen molar-refractivity contribution >= 4 is 49.9 Å². The van der Waals surface area contributed by atoms with Gasteiger partial charge in [0, 0.05) is 10.3 Å².